The van der Waals surface area contributed by atoms with Crippen LogP contribution in [0, 0.1) is 0 Å². The number of unbranched alkanes of at least 4 members (excludes halogenated alkanes) is 9. The fraction of sp³-hybridized carbons (Fsp3) is 0.684. The van der Waals surface area contributed by atoms with E-state index in [1.165, 1.54) is 57.8 Å². The smallest absolute Gasteiger partial charge is 0.123 e. The molecule has 0 radical (unpaired) electrons. The Bertz CT molecular complexity index is 395. The van der Waals surface area contributed by atoms with Gasteiger partial charge in [-0.3, -0.25) is 0 Å². The maximum absolute atomic E-state index is 5.99. The Balaban J connectivity index is 1.99. The molecule has 0 saturated carbocycles. The van der Waals surface area contributed by atoms with E-state index >= 15 is 0 Å². The molecule has 0 atom stereocenters. The number of hydrogen-bond donors (Lipinski definition) is 0. The largest absolute Gasteiger partial charge is 0.493 e. The van der Waals surface area contributed by atoms with Gasteiger partial charge in [-0.1, -0.05) is 92.2 Å². The van der Waals surface area contributed by atoms with E-state index in [0.717, 1.165) is 34.7 Å². The van der Waals surface area contributed by atoms with Gasteiger partial charge in [-0.05, 0) is 24.6 Å². The first-order valence-corrected chi connectivity index (χ1v) is 10.2. The molecule has 1 rings (SSSR count). The van der Waals surface area contributed by atoms with Gasteiger partial charge < -0.3 is 4.74 Å². The molecule has 0 aromatic heterocycles. The highest BCUT2D eigenvalue weighted by Crippen LogP contribution is 2.25. The first kappa shape index (κ1) is 19.8. The van der Waals surface area contributed by atoms with Crippen LogP contribution in [0.3, 0.4) is 0 Å². The Morgan fingerprint density at radius 2 is 1.50 bits per heavy atom. The van der Waals surface area contributed by atoms with Gasteiger partial charge in [-0.25, -0.2) is 0 Å². The van der Waals surface area contributed by atoms with Crippen molar-refractivity contribution in [2.24, 2.45) is 0 Å². The first-order chi connectivity index (χ1) is 10.8. The fourth-order valence-corrected chi connectivity index (χ4v) is 3.20. The summed E-state index contributed by atoms with van der Waals surface area (Å²) >= 11 is 9.47. The van der Waals surface area contributed by atoms with E-state index in [0.29, 0.717) is 0 Å². The van der Waals surface area contributed by atoms with Crippen LogP contribution in [0.15, 0.2) is 18.2 Å². The topological polar surface area (TPSA) is 9.23 Å². The zero-order chi connectivity index (χ0) is 16.0. The van der Waals surface area contributed by atoms with Crippen LogP contribution in [0.4, 0.5) is 0 Å². The first-order valence-electron chi connectivity index (χ1n) is 8.75. The average Bonchev–Trinajstić information content (AvgIpc) is 2.53. The van der Waals surface area contributed by atoms with Crippen molar-refractivity contribution in [2.45, 2.75) is 76.5 Å². The van der Waals surface area contributed by atoms with Crippen LogP contribution in [-0.4, -0.2) is 6.61 Å². The number of alkyl halides is 1. The molecule has 3 heteroatoms. The summed E-state index contributed by atoms with van der Waals surface area (Å²) < 4.78 is 5.87. The second kappa shape index (κ2) is 13.2. The predicted octanol–water partition coefficient (Wildman–Crippen LogP) is 7.53. The lowest BCUT2D eigenvalue weighted by molar-refractivity contribution is 0.302. The highest BCUT2D eigenvalue weighted by molar-refractivity contribution is 9.08. The van der Waals surface area contributed by atoms with Gasteiger partial charge in [0.05, 0.1) is 6.61 Å². The van der Waals surface area contributed by atoms with Crippen molar-refractivity contribution in [1.82, 2.24) is 0 Å². The molecule has 22 heavy (non-hydrogen) atoms. The summed E-state index contributed by atoms with van der Waals surface area (Å²) in [6.07, 6.45) is 13.5. The predicted molar refractivity (Wildman–Crippen MR) is 101 cm³/mol. The molecule has 0 fully saturated rings. The van der Waals surface area contributed by atoms with Gasteiger partial charge in [0.2, 0.25) is 0 Å². The molecule has 1 nitrogen and oxygen atoms in total. The Morgan fingerprint density at radius 1 is 0.909 bits per heavy atom. The van der Waals surface area contributed by atoms with Crippen molar-refractivity contribution in [2.75, 3.05) is 6.61 Å². The standard InChI is InChI=1S/C19H30BrClO/c1-2-3-4-5-6-7-8-9-10-11-14-22-19-13-12-18(21)15-17(19)16-20/h12-13,15H,2-11,14,16H2,1H3. The Morgan fingerprint density at radius 3 is 2.09 bits per heavy atom. The van der Waals surface area contributed by atoms with Crippen molar-refractivity contribution in [3.05, 3.63) is 28.8 Å². The number of hydrogen-bond acceptors (Lipinski definition) is 1. The van der Waals surface area contributed by atoms with Crippen molar-refractivity contribution in [3.63, 3.8) is 0 Å². The molecule has 0 amide bonds. The van der Waals surface area contributed by atoms with Gasteiger partial charge >= 0.3 is 0 Å². The molecule has 126 valence electrons. The minimum absolute atomic E-state index is 0.765. The summed E-state index contributed by atoms with van der Waals surface area (Å²) in [5.41, 5.74) is 1.12. The second-order valence-electron chi connectivity index (χ2n) is 5.92. The highest BCUT2D eigenvalue weighted by atomic mass is 79.9. The molecule has 0 aliphatic carbocycles. The fourth-order valence-electron chi connectivity index (χ4n) is 2.56. The quantitative estimate of drug-likeness (QED) is 0.250. The summed E-state index contributed by atoms with van der Waals surface area (Å²) in [6.45, 7) is 3.07. The van der Waals surface area contributed by atoms with Crippen LogP contribution in [0.25, 0.3) is 0 Å². The molecule has 1 aromatic rings. The third-order valence-corrected chi connectivity index (χ3v) is 4.76. The molecule has 1 aromatic carbocycles. The lowest BCUT2D eigenvalue weighted by Crippen LogP contribution is -1.99. The lowest BCUT2D eigenvalue weighted by atomic mass is 10.1. The molecular formula is C19H30BrClO. The molecule has 0 aliphatic rings. The van der Waals surface area contributed by atoms with Gasteiger partial charge in [0.1, 0.15) is 5.75 Å². The van der Waals surface area contributed by atoms with Gasteiger partial charge in [-0.2, -0.15) is 0 Å². The van der Waals surface area contributed by atoms with Crippen LogP contribution in [0.2, 0.25) is 5.02 Å². The average molecular weight is 390 g/mol. The molecule has 0 saturated heterocycles. The molecular weight excluding hydrogens is 360 g/mol. The van der Waals surface area contributed by atoms with E-state index in [4.69, 9.17) is 16.3 Å². The molecule has 0 aliphatic heterocycles. The third-order valence-electron chi connectivity index (χ3n) is 3.92. The maximum atomic E-state index is 5.99. The number of halogens is 2. The van der Waals surface area contributed by atoms with E-state index in [2.05, 4.69) is 22.9 Å². The highest BCUT2D eigenvalue weighted by Gasteiger charge is 2.03. The molecule has 0 heterocycles. The molecule has 0 bridgehead atoms. The van der Waals surface area contributed by atoms with E-state index < -0.39 is 0 Å². The Kier molecular flexibility index (Phi) is 11.9. The van der Waals surface area contributed by atoms with E-state index in [1.807, 2.05) is 18.2 Å². The van der Waals surface area contributed by atoms with Gasteiger partial charge in [0, 0.05) is 15.9 Å². The monoisotopic (exact) mass is 388 g/mol. The van der Waals surface area contributed by atoms with E-state index in [1.54, 1.807) is 0 Å². The molecule has 0 N–H and O–H groups in total. The lowest BCUT2D eigenvalue weighted by Gasteiger charge is -2.10. The SMILES string of the molecule is CCCCCCCCCCCCOc1ccc(Cl)cc1CBr. The maximum Gasteiger partial charge on any atom is 0.123 e. The van der Waals surface area contributed by atoms with Crippen LogP contribution >= 0.6 is 27.5 Å². The third kappa shape index (κ3) is 9.05. The summed E-state index contributed by atoms with van der Waals surface area (Å²) in [5, 5.41) is 1.54. The van der Waals surface area contributed by atoms with E-state index in [9.17, 15) is 0 Å². The van der Waals surface area contributed by atoms with Gasteiger partial charge in [0.25, 0.3) is 0 Å². The normalized spacial score (nSPS) is 10.9. The van der Waals surface area contributed by atoms with Crippen LogP contribution in [-0.2, 0) is 5.33 Å². The molecule has 0 spiro atoms. The van der Waals surface area contributed by atoms with Crippen molar-refractivity contribution in [1.29, 1.82) is 0 Å². The Hall–Kier alpha value is -0.210. The zero-order valence-corrected chi connectivity index (χ0v) is 16.2. The number of ether oxygens (including phenoxy) is 1. The minimum atomic E-state index is 0.765. The zero-order valence-electron chi connectivity index (χ0n) is 13.9. The van der Waals surface area contributed by atoms with Crippen molar-refractivity contribution >= 4 is 27.5 Å². The van der Waals surface area contributed by atoms with E-state index in [-0.39, 0.29) is 0 Å². The van der Waals surface area contributed by atoms with Crippen molar-refractivity contribution < 1.29 is 4.74 Å². The van der Waals surface area contributed by atoms with Crippen LogP contribution < -0.4 is 4.74 Å². The Labute approximate surface area is 149 Å². The summed E-state index contributed by atoms with van der Waals surface area (Å²) in [7, 11) is 0. The summed E-state index contributed by atoms with van der Waals surface area (Å²) in [5.74, 6) is 0.956. The second-order valence-corrected chi connectivity index (χ2v) is 6.91. The summed E-state index contributed by atoms with van der Waals surface area (Å²) in [4.78, 5) is 0. The molecule has 0 unspecified atom stereocenters. The van der Waals surface area contributed by atoms with Gasteiger partial charge in [0.15, 0.2) is 0 Å². The summed E-state index contributed by atoms with van der Waals surface area (Å²) in [6, 6.07) is 5.82. The van der Waals surface area contributed by atoms with Crippen LogP contribution in [0.5, 0.6) is 5.75 Å². The number of rotatable bonds is 13. The van der Waals surface area contributed by atoms with Gasteiger partial charge in [-0.15, -0.1) is 0 Å². The minimum Gasteiger partial charge on any atom is -0.493 e. The van der Waals surface area contributed by atoms with Crippen molar-refractivity contribution in [3.8, 4) is 5.75 Å². The van der Waals surface area contributed by atoms with Crippen LogP contribution in [0.1, 0.15) is 76.7 Å². The number of benzene rings is 1.